The Morgan fingerprint density at radius 2 is 0.859 bits per heavy atom. The number of halogens is 6. The molecule has 12 aromatic rings. The second-order valence-electron chi connectivity index (χ2n) is 18.7. The molecule has 0 saturated heterocycles. The number of para-hydroxylation sites is 4. The smallest absolute Gasteiger partial charge is 0.416 e. The van der Waals surface area contributed by atoms with Crippen LogP contribution in [0.5, 0.6) is 0 Å². The summed E-state index contributed by atoms with van der Waals surface area (Å²) in [7, 11) is 0. The average molecular weight is 945 g/mol. The van der Waals surface area contributed by atoms with Gasteiger partial charge in [-0.05, 0) is 142 Å². The molecule has 0 saturated carbocycles. The molecular formula is C61H38F6N2O2. The Kier molecular flexibility index (Phi) is 9.15. The molecule has 10 aromatic carbocycles. The zero-order chi connectivity index (χ0) is 48.6. The first-order valence-corrected chi connectivity index (χ1v) is 23.1. The Labute approximate surface area is 402 Å². The van der Waals surface area contributed by atoms with Crippen LogP contribution in [0.1, 0.15) is 36.1 Å². The summed E-state index contributed by atoms with van der Waals surface area (Å²) in [5, 5.41) is 7.36. The van der Waals surface area contributed by atoms with Crippen LogP contribution in [-0.2, 0) is 17.8 Å². The van der Waals surface area contributed by atoms with E-state index in [0.717, 1.165) is 101 Å². The quantitative estimate of drug-likeness (QED) is 0.156. The van der Waals surface area contributed by atoms with Gasteiger partial charge in [-0.3, -0.25) is 0 Å². The minimum Gasteiger partial charge on any atom is -0.454 e. The lowest BCUT2D eigenvalue weighted by molar-refractivity contribution is -0.138. The van der Waals surface area contributed by atoms with Gasteiger partial charge in [0, 0.05) is 49.4 Å². The summed E-state index contributed by atoms with van der Waals surface area (Å²) in [6.07, 6.45) is -9.03. The third kappa shape index (κ3) is 6.61. The van der Waals surface area contributed by atoms with Gasteiger partial charge in [-0.2, -0.15) is 26.3 Å². The maximum absolute atomic E-state index is 14.1. The number of hydrogen-bond acceptors (Lipinski definition) is 4. The fourth-order valence-electron chi connectivity index (χ4n) is 10.9. The van der Waals surface area contributed by atoms with Crippen molar-refractivity contribution in [3.63, 3.8) is 0 Å². The van der Waals surface area contributed by atoms with E-state index >= 15 is 0 Å². The van der Waals surface area contributed by atoms with Gasteiger partial charge < -0.3 is 18.6 Å². The lowest BCUT2D eigenvalue weighted by Gasteiger charge is -2.30. The summed E-state index contributed by atoms with van der Waals surface area (Å²) in [4.78, 5) is 3.95. The molecular weight excluding hydrogens is 907 g/mol. The van der Waals surface area contributed by atoms with Gasteiger partial charge in [0.25, 0.3) is 0 Å². The second-order valence-corrected chi connectivity index (χ2v) is 18.7. The van der Waals surface area contributed by atoms with Gasteiger partial charge in [0.15, 0.2) is 11.2 Å². The van der Waals surface area contributed by atoms with Crippen molar-refractivity contribution in [3.05, 3.63) is 216 Å². The number of benzene rings is 10. The highest BCUT2D eigenvalue weighted by molar-refractivity contribution is 6.15. The summed E-state index contributed by atoms with van der Waals surface area (Å²) in [5.41, 5.74) is 8.62. The minimum atomic E-state index is -4.52. The predicted molar refractivity (Wildman–Crippen MR) is 273 cm³/mol. The van der Waals surface area contributed by atoms with Gasteiger partial charge in [-0.15, -0.1) is 0 Å². The number of nitrogens with zero attached hydrogens (tertiary/aromatic N) is 2. The predicted octanol–water partition coefficient (Wildman–Crippen LogP) is 19.1. The summed E-state index contributed by atoms with van der Waals surface area (Å²) >= 11 is 0. The van der Waals surface area contributed by atoms with Gasteiger partial charge in [-0.1, -0.05) is 105 Å². The number of fused-ring (bicyclic) bond motifs is 12. The average Bonchev–Trinajstić information content (AvgIpc) is 4.02. The molecule has 71 heavy (non-hydrogen) atoms. The summed E-state index contributed by atoms with van der Waals surface area (Å²) in [6, 6.07) is 58.5. The molecule has 4 nitrogen and oxygen atoms in total. The molecule has 13 rings (SSSR count). The second kappa shape index (κ2) is 15.2. The highest BCUT2D eigenvalue weighted by atomic mass is 19.4. The van der Waals surface area contributed by atoms with Crippen LogP contribution < -0.4 is 9.80 Å². The zero-order valence-corrected chi connectivity index (χ0v) is 38.0. The topological polar surface area (TPSA) is 32.8 Å². The molecule has 10 heteroatoms. The van der Waals surface area contributed by atoms with Crippen LogP contribution in [0.25, 0.3) is 76.5 Å². The van der Waals surface area contributed by atoms with Gasteiger partial charge in [0.2, 0.25) is 0 Å². The largest absolute Gasteiger partial charge is 0.454 e. The Bertz CT molecular complexity index is 4130. The molecule has 0 unspecified atom stereocenters. The Hall–Kier alpha value is -8.50. The molecule has 0 spiro atoms. The van der Waals surface area contributed by atoms with Gasteiger partial charge in [0.05, 0.1) is 28.2 Å². The third-order valence-electron chi connectivity index (χ3n) is 14.3. The van der Waals surface area contributed by atoms with Crippen LogP contribution in [0.4, 0.5) is 60.5 Å². The highest BCUT2D eigenvalue weighted by Gasteiger charge is 2.39. The maximum atomic E-state index is 14.1. The lowest BCUT2D eigenvalue weighted by Crippen LogP contribution is -2.17. The first kappa shape index (κ1) is 42.6. The Balaban J connectivity index is 0.999. The number of hydrogen-bond donors (Lipinski definition) is 0. The fourth-order valence-corrected chi connectivity index (χ4v) is 10.9. The van der Waals surface area contributed by atoms with Crippen LogP contribution in [0.3, 0.4) is 0 Å². The molecule has 1 aliphatic rings. The Morgan fingerprint density at radius 3 is 1.42 bits per heavy atom. The molecule has 0 fully saturated rings. The molecule has 0 N–H and O–H groups in total. The van der Waals surface area contributed by atoms with E-state index in [1.807, 2.05) is 119 Å². The summed E-state index contributed by atoms with van der Waals surface area (Å²) < 4.78 is 97.0. The minimum absolute atomic E-state index is 0.522. The molecule has 0 atom stereocenters. The maximum Gasteiger partial charge on any atom is 0.416 e. The number of furan rings is 2. The van der Waals surface area contributed by atoms with Crippen molar-refractivity contribution >= 4 is 99.5 Å². The van der Waals surface area contributed by atoms with E-state index in [-0.39, 0.29) is 0 Å². The SMILES string of the molecule is CC1(C)c2cc3cc(N(c4ccc(C(F)(F)F)cc4)c4cccc5c4oc4ccccc45)ccc3cc2-c2c1cc(N(c1ccc(C(F)(F)F)cc1)c1cccc3c1oc1ccccc13)c1ccccc21. The van der Waals surface area contributed by atoms with E-state index in [4.69, 9.17) is 8.83 Å². The van der Waals surface area contributed by atoms with Crippen LogP contribution >= 0.6 is 0 Å². The van der Waals surface area contributed by atoms with Crippen LogP contribution in [-0.4, -0.2) is 0 Å². The normalized spacial score (nSPS) is 13.5. The summed E-state index contributed by atoms with van der Waals surface area (Å²) in [5.74, 6) is 0. The third-order valence-corrected chi connectivity index (χ3v) is 14.3. The molecule has 2 aromatic heterocycles. The van der Waals surface area contributed by atoms with Crippen molar-refractivity contribution in [3.8, 4) is 11.1 Å². The number of anilines is 6. The van der Waals surface area contributed by atoms with Crippen LogP contribution in [0, 0.1) is 0 Å². The van der Waals surface area contributed by atoms with Gasteiger partial charge >= 0.3 is 12.4 Å². The Morgan fingerprint density at radius 1 is 0.380 bits per heavy atom. The number of alkyl halides is 6. The molecule has 0 bridgehead atoms. The molecule has 346 valence electrons. The first-order valence-electron chi connectivity index (χ1n) is 23.1. The van der Waals surface area contributed by atoms with Crippen LogP contribution in [0.2, 0.25) is 0 Å². The molecule has 2 heterocycles. The van der Waals surface area contributed by atoms with E-state index < -0.39 is 28.9 Å². The van der Waals surface area contributed by atoms with E-state index in [1.54, 1.807) is 0 Å². The van der Waals surface area contributed by atoms with E-state index in [2.05, 4.69) is 50.2 Å². The zero-order valence-electron chi connectivity index (χ0n) is 38.0. The van der Waals surface area contributed by atoms with Crippen LogP contribution in [0.15, 0.2) is 203 Å². The van der Waals surface area contributed by atoms with E-state index in [9.17, 15) is 26.3 Å². The first-order chi connectivity index (χ1) is 34.2. The van der Waals surface area contributed by atoms with Crippen molar-refractivity contribution in [1.29, 1.82) is 0 Å². The molecule has 0 amide bonds. The van der Waals surface area contributed by atoms with E-state index in [1.165, 1.54) is 24.3 Å². The van der Waals surface area contributed by atoms with Crippen molar-refractivity contribution in [2.75, 3.05) is 9.80 Å². The number of rotatable bonds is 6. The van der Waals surface area contributed by atoms with Crippen molar-refractivity contribution in [2.45, 2.75) is 31.6 Å². The molecule has 0 aliphatic heterocycles. The van der Waals surface area contributed by atoms with Crippen molar-refractivity contribution in [2.24, 2.45) is 0 Å². The monoisotopic (exact) mass is 944 g/mol. The van der Waals surface area contributed by atoms with Crippen molar-refractivity contribution < 1.29 is 35.2 Å². The lowest BCUT2D eigenvalue weighted by atomic mass is 9.81. The summed E-state index contributed by atoms with van der Waals surface area (Å²) in [6.45, 7) is 4.37. The molecule has 0 radical (unpaired) electrons. The fraction of sp³-hybridized carbons (Fsp3) is 0.0820. The molecule has 1 aliphatic carbocycles. The van der Waals surface area contributed by atoms with Gasteiger partial charge in [0.1, 0.15) is 11.2 Å². The highest BCUT2D eigenvalue weighted by Crippen LogP contribution is 2.56. The van der Waals surface area contributed by atoms with Crippen molar-refractivity contribution in [1.82, 2.24) is 0 Å². The standard InChI is InChI=1S/C61H38F6N2O2/c1-59(2)49-33-36-31-41(68(39-27-22-37(23-28-39)60(62,63)64)51-17-9-15-46-43-12-5-7-19-54(43)70-57(46)51)26-21-35(36)32-48(49)56-45-14-4-3-11-42(45)53(34-50(56)59)69(40-29-24-38(25-30-40)61(65,66)67)52-18-10-16-47-44-13-6-8-20-55(44)71-58(47)52/h3-34H,1-2H3. The van der Waals surface area contributed by atoms with E-state index in [0.29, 0.717) is 45.1 Å². The van der Waals surface area contributed by atoms with Gasteiger partial charge in [-0.25, -0.2) is 0 Å².